The van der Waals surface area contributed by atoms with E-state index in [-0.39, 0.29) is 0 Å². The van der Waals surface area contributed by atoms with Gasteiger partial charge in [0.15, 0.2) is 0 Å². The van der Waals surface area contributed by atoms with Gasteiger partial charge < -0.3 is 9.80 Å². The van der Waals surface area contributed by atoms with Crippen molar-refractivity contribution in [2.24, 2.45) is 0 Å². The lowest BCUT2D eigenvalue weighted by molar-refractivity contribution is 1.24. The highest BCUT2D eigenvalue weighted by molar-refractivity contribution is 5.82. The molecule has 32 heavy (non-hydrogen) atoms. The molecule has 2 heteroatoms. The zero-order valence-corrected chi connectivity index (χ0v) is 17.7. The van der Waals surface area contributed by atoms with E-state index < -0.39 is 0 Å². The van der Waals surface area contributed by atoms with Gasteiger partial charge in [0.2, 0.25) is 0 Å². The Bertz CT molecular complexity index is 1080. The molecular formula is C30H23N2. The Balaban J connectivity index is 1.65. The standard InChI is InChI=1S/C30H23N2/c1-5-14-25(15-6-1)31(26-16-7-2-8-17-26)29-22-13-23-30(24-29)32(27-18-9-3-10-19-27)28-20-11-4-12-21-28/h1-23H. The van der Waals surface area contributed by atoms with Crippen LogP contribution in [0.5, 0.6) is 0 Å². The first-order valence-corrected chi connectivity index (χ1v) is 10.7. The molecule has 5 rings (SSSR count). The first-order chi connectivity index (χ1) is 15.9. The van der Waals surface area contributed by atoms with Crippen LogP contribution >= 0.6 is 0 Å². The molecule has 0 aliphatic carbocycles. The maximum atomic E-state index is 3.69. The Hall–Kier alpha value is -4.30. The zero-order valence-electron chi connectivity index (χ0n) is 17.7. The van der Waals surface area contributed by atoms with E-state index in [1.54, 1.807) is 0 Å². The lowest BCUT2D eigenvalue weighted by Crippen LogP contribution is -2.13. The first-order valence-electron chi connectivity index (χ1n) is 10.7. The summed E-state index contributed by atoms with van der Waals surface area (Å²) in [5, 5.41) is 0. The molecule has 5 aromatic rings. The fourth-order valence-corrected chi connectivity index (χ4v) is 3.87. The van der Waals surface area contributed by atoms with Crippen LogP contribution in [-0.4, -0.2) is 0 Å². The summed E-state index contributed by atoms with van der Waals surface area (Å²) in [5.41, 5.74) is 6.35. The first kappa shape index (κ1) is 19.7. The second kappa shape index (κ2) is 9.23. The molecule has 0 N–H and O–H groups in total. The smallest absolute Gasteiger partial charge is 0.0562 e. The average Bonchev–Trinajstić information content (AvgIpc) is 2.87. The van der Waals surface area contributed by atoms with E-state index in [9.17, 15) is 0 Å². The van der Waals surface area contributed by atoms with Crippen LogP contribution < -0.4 is 9.80 Å². The summed E-state index contributed by atoms with van der Waals surface area (Å²) in [6.07, 6.45) is 0. The zero-order chi connectivity index (χ0) is 21.6. The van der Waals surface area contributed by atoms with Crippen molar-refractivity contribution in [1.82, 2.24) is 0 Å². The highest BCUT2D eigenvalue weighted by Gasteiger charge is 2.16. The van der Waals surface area contributed by atoms with Gasteiger partial charge in [-0.3, -0.25) is 0 Å². The molecule has 0 unspecified atom stereocenters. The fourth-order valence-electron chi connectivity index (χ4n) is 3.87. The van der Waals surface area contributed by atoms with E-state index in [0.29, 0.717) is 0 Å². The Kier molecular flexibility index (Phi) is 5.67. The predicted octanol–water partition coefficient (Wildman–Crippen LogP) is 8.43. The molecular weight excluding hydrogens is 388 g/mol. The number of rotatable bonds is 6. The van der Waals surface area contributed by atoms with Crippen LogP contribution in [0.4, 0.5) is 34.1 Å². The quantitative estimate of drug-likeness (QED) is 0.277. The Morgan fingerprint density at radius 2 is 0.594 bits per heavy atom. The monoisotopic (exact) mass is 411 g/mol. The molecule has 2 nitrogen and oxygen atoms in total. The van der Waals surface area contributed by atoms with E-state index in [2.05, 4.69) is 131 Å². The minimum atomic E-state index is 0.983. The molecule has 0 fully saturated rings. The fraction of sp³-hybridized carbons (Fsp3) is 0. The molecule has 5 aromatic carbocycles. The average molecular weight is 412 g/mol. The largest absolute Gasteiger partial charge is 0.310 e. The van der Waals surface area contributed by atoms with Gasteiger partial charge in [-0.15, -0.1) is 0 Å². The molecule has 153 valence electrons. The molecule has 0 aliphatic rings. The van der Waals surface area contributed by atoms with Crippen molar-refractivity contribution < 1.29 is 0 Å². The van der Waals surface area contributed by atoms with Crippen LogP contribution in [0.2, 0.25) is 0 Å². The third-order valence-corrected chi connectivity index (χ3v) is 5.30. The summed E-state index contributed by atoms with van der Waals surface area (Å²) in [4.78, 5) is 4.47. The number of benzene rings is 5. The van der Waals surface area contributed by atoms with Crippen molar-refractivity contribution in [2.45, 2.75) is 0 Å². The molecule has 0 saturated carbocycles. The highest BCUT2D eigenvalue weighted by Crippen LogP contribution is 2.39. The van der Waals surface area contributed by atoms with Gasteiger partial charge in [-0.25, -0.2) is 0 Å². The number of anilines is 6. The molecule has 0 bridgehead atoms. The number of para-hydroxylation sites is 4. The van der Waals surface area contributed by atoms with Gasteiger partial charge in [0.05, 0.1) is 11.4 Å². The minimum absolute atomic E-state index is 0.983. The molecule has 0 aromatic heterocycles. The van der Waals surface area contributed by atoms with Crippen molar-refractivity contribution in [2.75, 3.05) is 9.80 Å². The van der Waals surface area contributed by atoms with Crippen molar-refractivity contribution in [1.29, 1.82) is 0 Å². The lowest BCUT2D eigenvalue weighted by atomic mass is 10.1. The summed E-state index contributed by atoms with van der Waals surface area (Å²) < 4.78 is 0. The Morgan fingerprint density at radius 3 is 0.875 bits per heavy atom. The molecule has 0 heterocycles. The predicted molar refractivity (Wildman–Crippen MR) is 135 cm³/mol. The van der Waals surface area contributed by atoms with Gasteiger partial charge in [0.25, 0.3) is 0 Å². The van der Waals surface area contributed by atoms with Crippen LogP contribution in [0.15, 0.2) is 140 Å². The van der Waals surface area contributed by atoms with Gasteiger partial charge in [0, 0.05) is 28.8 Å². The minimum Gasteiger partial charge on any atom is -0.310 e. The van der Waals surface area contributed by atoms with Crippen molar-refractivity contribution in [3.05, 3.63) is 146 Å². The third-order valence-electron chi connectivity index (χ3n) is 5.30. The summed E-state index contributed by atoms with van der Waals surface area (Å²) in [5.74, 6) is 0. The summed E-state index contributed by atoms with van der Waals surface area (Å²) in [6, 6.07) is 51.7. The second-order valence-corrected chi connectivity index (χ2v) is 7.43. The van der Waals surface area contributed by atoms with Gasteiger partial charge in [-0.2, -0.15) is 0 Å². The van der Waals surface area contributed by atoms with Crippen molar-refractivity contribution in [3.63, 3.8) is 0 Å². The van der Waals surface area contributed by atoms with E-state index in [0.717, 1.165) is 34.1 Å². The topological polar surface area (TPSA) is 6.48 Å². The number of hydrogen-bond donors (Lipinski definition) is 0. The van der Waals surface area contributed by atoms with Gasteiger partial charge in [0.1, 0.15) is 0 Å². The Morgan fingerprint density at radius 1 is 0.312 bits per heavy atom. The highest BCUT2D eigenvalue weighted by atomic mass is 15.2. The SMILES string of the molecule is [c]1c(N(c2ccccc2)c2ccccc2)cccc1N(c1ccccc1)c1ccccc1. The molecule has 0 spiro atoms. The van der Waals surface area contributed by atoms with Gasteiger partial charge in [-0.1, -0.05) is 78.9 Å². The van der Waals surface area contributed by atoms with Crippen LogP contribution in [-0.2, 0) is 0 Å². The van der Waals surface area contributed by atoms with E-state index in [1.807, 2.05) is 24.3 Å². The number of hydrogen-bond acceptors (Lipinski definition) is 2. The van der Waals surface area contributed by atoms with E-state index >= 15 is 0 Å². The maximum absolute atomic E-state index is 3.69. The lowest BCUT2D eigenvalue weighted by Gasteiger charge is -2.29. The van der Waals surface area contributed by atoms with Gasteiger partial charge >= 0.3 is 0 Å². The van der Waals surface area contributed by atoms with E-state index in [4.69, 9.17) is 0 Å². The summed E-state index contributed by atoms with van der Waals surface area (Å²) >= 11 is 0. The third kappa shape index (κ3) is 4.12. The van der Waals surface area contributed by atoms with Crippen LogP contribution in [0.1, 0.15) is 0 Å². The van der Waals surface area contributed by atoms with E-state index in [1.165, 1.54) is 0 Å². The normalized spacial score (nSPS) is 10.5. The molecule has 0 saturated heterocycles. The van der Waals surface area contributed by atoms with Crippen LogP contribution in [0, 0.1) is 6.07 Å². The summed E-state index contributed by atoms with van der Waals surface area (Å²) in [7, 11) is 0. The Labute approximate surface area is 189 Å². The van der Waals surface area contributed by atoms with Crippen molar-refractivity contribution >= 4 is 34.1 Å². The summed E-state index contributed by atoms with van der Waals surface area (Å²) in [6.45, 7) is 0. The molecule has 1 radical (unpaired) electrons. The molecule has 0 amide bonds. The van der Waals surface area contributed by atoms with Crippen LogP contribution in [0.25, 0.3) is 0 Å². The van der Waals surface area contributed by atoms with Crippen LogP contribution in [0.3, 0.4) is 0 Å². The molecule has 0 aliphatic heterocycles. The molecule has 0 atom stereocenters. The second-order valence-electron chi connectivity index (χ2n) is 7.43. The number of nitrogens with zero attached hydrogens (tertiary/aromatic N) is 2. The maximum Gasteiger partial charge on any atom is 0.0562 e. The van der Waals surface area contributed by atoms with Crippen molar-refractivity contribution in [3.8, 4) is 0 Å². The van der Waals surface area contributed by atoms with Gasteiger partial charge in [-0.05, 0) is 60.7 Å².